The monoisotopic (exact) mass is 299 g/mol. The molecular weight excluding hydrogens is 286 g/mol. The molecule has 1 aromatic carbocycles. The first-order valence-electron chi connectivity index (χ1n) is 6.51. The number of aromatic nitrogens is 3. The summed E-state index contributed by atoms with van der Waals surface area (Å²) in [5.41, 5.74) is 0.715. The number of nitrogens with zero attached hydrogens (tertiary/aromatic N) is 3. The van der Waals surface area contributed by atoms with Gasteiger partial charge in [0.15, 0.2) is 11.5 Å². The average molecular weight is 299 g/mol. The van der Waals surface area contributed by atoms with Gasteiger partial charge in [0, 0.05) is 12.3 Å². The Morgan fingerprint density at radius 2 is 2.09 bits per heavy atom. The first kappa shape index (κ1) is 13.9. The zero-order valence-corrected chi connectivity index (χ0v) is 11.8. The van der Waals surface area contributed by atoms with Crippen LogP contribution in [-0.2, 0) is 6.61 Å². The molecule has 1 N–H and O–H groups in total. The molecule has 0 saturated heterocycles. The van der Waals surface area contributed by atoms with Crippen molar-refractivity contribution in [1.82, 2.24) is 14.6 Å². The van der Waals surface area contributed by atoms with Crippen molar-refractivity contribution in [2.45, 2.75) is 6.61 Å². The Hall–Kier alpha value is -3.09. The molecule has 0 saturated carbocycles. The number of carboxylic acids is 1. The molecule has 0 unspecified atom stereocenters. The van der Waals surface area contributed by atoms with E-state index in [1.807, 2.05) is 12.1 Å². The van der Waals surface area contributed by atoms with E-state index < -0.39 is 5.97 Å². The molecule has 22 heavy (non-hydrogen) atoms. The van der Waals surface area contributed by atoms with Crippen LogP contribution in [0, 0.1) is 0 Å². The summed E-state index contributed by atoms with van der Waals surface area (Å²) in [7, 11) is 1.59. The van der Waals surface area contributed by atoms with Crippen LogP contribution in [0.5, 0.6) is 11.5 Å². The number of aromatic carboxylic acids is 1. The maximum atomic E-state index is 10.9. The van der Waals surface area contributed by atoms with E-state index in [9.17, 15) is 4.79 Å². The van der Waals surface area contributed by atoms with Gasteiger partial charge in [-0.1, -0.05) is 6.07 Å². The molecule has 0 aliphatic rings. The Bertz CT molecular complexity index is 829. The maximum Gasteiger partial charge on any atom is 0.337 e. The molecule has 0 radical (unpaired) electrons. The minimum absolute atomic E-state index is 0.151. The van der Waals surface area contributed by atoms with Gasteiger partial charge < -0.3 is 14.6 Å². The maximum absolute atomic E-state index is 10.9. The first-order valence-corrected chi connectivity index (χ1v) is 6.51. The summed E-state index contributed by atoms with van der Waals surface area (Å²) >= 11 is 0. The van der Waals surface area contributed by atoms with Crippen LogP contribution in [0.4, 0.5) is 0 Å². The third kappa shape index (κ3) is 2.83. The van der Waals surface area contributed by atoms with Crippen molar-refractivity contribution in [1.29, 1.82) is 0 Å². The molecule has 2 aromatic heterocycles. The van der Waals surface area contributed by atoms with Crippen LogP contribution >= 0.6 is 0 Å². The second kappa shape index (κ2) is 5.72. The molecule has 0 atom stereocenters. The lowest BCUT2D eigenvalue weighted by molar-refractivity contribution is 0.0696. The molecule has 0 fully saturated rings. The van der Waals surface area contributed by atoms with E-state index in [-0.39, 0.29) is 12.2 Å². The SMILES string of the molecule is COc1cccc(OCc2nc3ccc(C(=O)O)cn3n2)c1. The quantitative estimate of drug-likeness (QED) is 0.775. The summed E-state index contributed by atoms with van der Waals surface area (Å²) in [4.78, 5) is 15.2. The van der Waals surface area contributed by atoms with Gasteiger partial charge in [-0.05, 0) is 24.3 Å². The fraction of sp³-hybridized carbons (Fsp3) is 0.133. The van der Waals surface area contributed by atoms with E-state index in [2.05, 4.69) is 10.1 Å². The highest BCUT2D eigenvalue weighted by molar-refractivity contribution is 5.87. The predicted octanol–water partition coefficient (Wildman–Crippen LogP) is 2.02. The first-order chi connectivity index (χ1) is 10.7. The molecule has 0 aliphatic heterocycles. The summed E-state index contributed by atoms with van der Waals surface area (Å²) in [6, 6.07) is 10.3. The zero-order valence-electron chi connectivity index (χ0n) is 11.8. The molecule has 3 rings (SSSR count). The lowest BCUT2D eigenvalue weighted by Gasteiger charge is -2.05. The summed E-state index contributed by atoms with van der Waals surface area (Å²) in [5, 5.41) is 13.2. The summed E-state index contributed by atoms with van der Waals surface area (Å²) < 4.78 is 12.2. The van der Waals surface area contributed by atoms with Crippen molar-refractivity contribution in [2.75, 3.05) is 7.11 Å². The molecule has 0 aliphatic carbocycles. The minimum Gasteiger partial charge on any atom is -0.497 e. The molecule has 112 valence electrons. The molecule has 3 aromatic rings. The number of pyridine rings is 1. The Labute approximate surface area is 125 Å². The highest BCUT2D eigenvalue weighted by atomic mass is 16.5. The minimum atomic E-state index is -1.01. The van der Waals surface area contributed by atoms with Crippen molar-refractivity contribution >= 4 is 11.6 Å². The Morgan fingerprint density at radius 3 is 2.86 bits per heavy atom. The molecular formula is C15H13N3O4. The van der Waals surface area contributed by atoms with Gasteiger partial charge in [-0.15, -0.1) is 5.10 Å². The topological polar surface area (TPSA) is 86.0 Å². The highest BCUT2D eigenvalue weighted by Gasteiger charge is 2.08. The summed E-state index contributed by atoms with van der Waals surface area (Å²) in [6.07, 6.45) is 1.42. The van der Waals surface area contributed by atoms with Crippen molar-refractivity contribution in [3.05, 3.63) is 54.0 Å². The van der Waals surface area contributed by atoms with Crippen LogP contribution in [0.25, 0.3) is 5.65 Å². The van der Waals surface area contributed by atoms with E-state index in [1.54, 1.807) is 25.3 Å². The van der Waals surface area contributed by atoms with Gasteiger partial charge >= 0.3 is 5.97 Å². The van der Waals surface area contributed by atoms with Gasteiger partial charge in [0.1, 0.15) is 18.1 Å². The van der Waals surface area contributed by atoms with Crippen molar-refractivity contribution in [3.8, 4) is 11.5 Å². The average Bonchev–Trinajstić information content (AvgIpc) is 2.95. The number of hydrogen-bond acceptors (Lipinski definition) is 5. The molecule has 0 bridgehead atoms. The lowest BCUT2D eigenvalue weighted by atomic mass is 10.3. The number of carboxylic acid groups (broad SMARTS) is 1. The van der Waals surface area contributed by atoms with Gasteiger partial charge in [-0.3, -0.25) is 0 Å². The van der Waals surface area contributed by atoms with Crippen LogP contribution in [0.15, 0.2) is 42.6 Å². The fourth-order valence-electron chi connectivity index (χ4n) is 1.96. The Balaban J connectivity index is 1.77. The number of benzene rings is 1. The second-order valence-corrected chi connectivity index (χ2v) is 4.52. The number of rotatable bonds is 5. The summed E-state index contributed by atoms with van der Waals surface area (Å²) in [5.74, 6) is 0.799. The Kier molecular flexibility index (Phi) is 3.61. The van der Waals surface area contributed by atoms with Crippen LogP contribution in [-0.4, -0.2) is 32.8 Å². The third-order valence-electron chi connectivity index (χ3n) is 3.03. The Morgan fingerprint density at radius 1 is 1.27 bits per heavy atom. The van der Waals surface area contributed by atoms with E-state index >= 15 is 0 Å². The number of hydrogen-bond donors (Lipinski definition) is 1. The van der Waals surface area contributed by atoms with E-state index in [1.165, 1.54) is 16.8 Å². The largest absolute Gasteiger partial charge is 0.497 e. The van der Waals surface area contributed by atoms with Crippen LogP contribution < -0.4 is 9.47 Å². The second-order valence-electron chi connectivity index (χ2n) is 4.52. The van der Waals surface area contributed by atoms with Crippen LogP contribution in [0.2, 0.25) is 0 Å². The lowest BCUT2D eigenvalue weighted by Crippen LogP contribution is -2.00. The molecule has 0 amide bonds. The van der Waals surface area contributed by atoms with Gasteiger partial charge in [-0.2, -0.15) is 0 Å². The van der Waals surface area contributed by atoms with Crippen molar-refractivity contribution in [2.24, 2.45) is 0 Å². The van der Waals surface area contributed by atoms with E-state index in [0.717, 1.165) is 0 Å². The molecule has 7 heteroatoms. The number of methoxy groups -OCH3 is 1. The fourth-order valence-corrected chi connectivity index (χ4v) is 1.96. The molecule has 2 heterocycles. The molecule has 7 nitrogen and oxygen atoms in total. The van der Waals surface area contributed by atoms with E-state index in [0.29, 0.717) is 23.0 Å². The summed E-state index contributed by atoms with van der Waals surface area (Å²) in [6.45, 7) is 0.178. The van der Waals surface area contributed by atoms with Gasteiger partial charge in [0.2, 0.25) is 0 Å². The van der Waals surface area contributed by atoms with Gasteiger partial charge in [-0.25, -0.2) is 14.3 Å². The van der Waals surface area contributed by atoms with E-state index in [4.69, 9.17) is 14.6 Å². The predicted molar refractivity (Wildman–Crippen MR) is 77.3 cm³/mol. The van der Waals surface area contributed by atoms with Gasteiger partial charge in [0.05, 0.1) is 12.7 Å². The number of ether oxygens (including phenoxy) is 2. The van der Waals surface area contributed by atoms with Crippen molar-refractivity contribution in [3.63, 3.8) is 0 Å². The number of carbonyl (C=O) groups is 1. The number of fused-ring (bicyclic) bond motifs is 1. The van der Waals surface area contributed by atoms with Gasteiger partial charge in [0.25, 0.3) is 0 Å². The normalized spacial score (nSPS) is 10.6. The molecule has 0 spiro atoms. The third-order valence-corrected chi connectivity index (χ3v) is 3.03. The van der Waals surface area contributed by atoms with Crippen LogP contribution in [0.3, 0.4) is 0 Å². The van der Waals surface area contributed by atoms with Crippen LogP contribution in [0.1, 0.15) is 16.2 Å². The smallest absolute Gasteiger partial charge is 0.337 e. The standard InChI is InChI=1S/C15H13N3O4/c1-21-11-3-2-4-12(7-11)22-9-13-16-14-6-5-10(15(19)20)8-18(14)17-13/h2-8H,9H2,1H3,(H,19,20). The van der Waals surface area contributed by atoms with Crippen molar-refractivity contribution < 1.29 is 19.4 Å². The highest BCUT2D eigenvalue weighted by Crippen LogP contribution is 2.19. The zero-order chi connectivity index (χ0) is 15.5.